The van der Waals surface area contributed by atoms with Crippen LogP contribution in [0.4, 0.5) is 13.2 Å². The minimum Gasteiger partial charge on any atom is -0.348 e. The molecular weight excluding hydrogens is 461 g/mol. The van der Waals surface area contributed by atoms with Crippen LogP contribution in [0.25, 0.3) is 0 Å². The molecule has 0 aromatic heterocycles. The maximum atomic E-state index is 12.3. The molecule has 1 amide bonds. The van der Waals surface area contributed by atoms with E-state index in [0.717, 1.165) is 32.4 Å². The molecule has 214 valence electrons. The van der Waals surface area contributed by atoms with Crippen LogP contribution < -0.4 is 10.6 Å². The molecule has 0 aromatic carbocycles. The van der Waals surface area contributed by atoms with Crippen LogP contribution in [0.3, 0.4) is 0 Å². The molecule has 0 rings (SSSR count). The van der Waals surface area contributed by atoms with Gasteiger partial charge in [-0.05, 0) is 57.5 Å². The number of alkyl halides is 3. The predicted octanol–water partition coefficient (Wildman–Crippen LogP) is 9.27. The van der Waals surface area contributed by atoms with Crippen LogP contribution in [-0.4, -0.2) is 31.7 Å². The first-order chi connectivity index (χ1) is 17.4. The highest BCUT2D eigenvalue weighted by molar-refractivity contribution is 5.81. The standard InChI is InChI=1S/C30H57F3N2O/c1-3-5-7-9-10-11-12-13-14-15-19-25-34-26-20-17-23-28(22-16-8-6-4-2)24-18-21-27-35-29(36)30(31,32)33/h13-14,28,34H,3-12,15-27H2,1-2H3,(H,35,36). The summed E-state index contributed by atoms with van der Waals surface area (Å²) in [5.41, 5.74) is 0. The topological polar surface area (TPSA) is 41.1 Å². The number of rotatable bonds is 26. The molecule has 2 N–H and O–H groups in total. The summed E-state index contributed by atoms with van der Waals surface area (Å²) < 4.78 is 36.8. The van der Waals surface area contributed by atoms with Gasteiger partial charge in [0.05, 0.1) is 0 Å². The fourth-order valence-corrected chi connectivity index (χ4v) is 4.58. The molecule has 0 fully saturated rings. The summed E-state index contributed by atoms with van der Waals surface area (Å²) in [5, 5.41) is 5.55. The van der Waals surface area contributed by atoms with Gasteiger partial charge >= 0.3 is 12.1 Å². The van der Waals surface area contributed by atoms with Crippen molar-refractivity contribution in [3.63, 3.8) is 0 Å². The number of allylic oxidation sites excluding steroid dienone is 2. The van der Waals surface area contributed by atoms with Gasteiger partial charge in [0.15, 0.2) is 0 Å². The summed E-state index contributed by atoms with van der Waals surface area (Å²) in [4.78, 5) is 10.9. The van der Waals surface area contributed by atoms with Crippen molar-refractivity contribution in [2.75, 3.05) is 19.6 Å². The second kappa shape index (κ2) is 25.6. The highest BCUT2D eigenvalue weighted by Crippen LogP contribution is 2.23. The Balaban J connectivity index is 3.78. The molecule has 0 aromatic rings. The zero-order chi connectivity index (χ0) is 26.7. The van der Waals surface area contributed by atoms with Gasteiger partial charge < -0.3 is 10.6 Å². The van der Waals surface area contributed by atoms with Gasteiger partial charge in [-0.15, -0.1) is 0 Å². The van der Waals surface area contributed by atoms with Crippen molar-refractivity contribution in [2.24, 2.45) is 5.92 Å². The molecule has 1 unspecified atom stereocenters. The number of hydrogen-bond donors (Lipinski definition) is 2. The first kappa shape index (κ1) is 35.0. The molecule has 6 heteroatoms. The van der Waals surface area contributed by atoms with Crippen LogP contribution >= 0.6 is 0 Å². The molecule has 0 saturated carbocycles. The summed E-state index contributed by atoms with van der Waals surface area (Å²) in [7, 11) is 0. The van der Waals surface area contributed by atoms with Crippen molar-refractivity contribution in [1.82, 2.24) is 10.6 Å². The van der Waals surface area contributed by atoms with Crippen LogP contribution in [0.1, 0.15) is 142 Å². The van der Waals surface area contributed by atoms with E-state index in [9.17, 15) is 18.0 Å². The minimum atomic E-state index is -4.78. The van der Waals surface area contributed by atoms with Crippen LogP contribution in [-0.2, 0) is 4.79 Å². The van der Waals surface area contributed by atoms with E-state index in [2.05, 4.69) is 31.3 Å². The summed E-state index contributed by atoms with van der Waals surface area (Å²) in [6.45, 7) is 6.72. The Morgan fingerprint density at radius 3 is 1.72 bits per heavy atom. The third kappa shape index (κ3) is 24.6. The van der Waals surface area contributed by atoms with Crippen LogP contribution in [0, 0.1) is 5.92 Å². The van der Waals surface area contributed by atoms with Crippen molar-refractivity contribution in [1.29, 1.82) is 0 Å². The molecule has 0 aliphatic carbocycles. The summed E-state index contributed by atoms with van der Waals surface area (Å²) in [6, 6.07) is 0. The number of unbranched alkanes of at least 4 members (excludes halogenated alkanes) is 12. The molecule has 3 nitrogen and oxygen atoms in total. The van der Waals surface area contributed by atoms with E-state index in [1.807, 2.05) is 5.32 Å². The molecule has 0 aliphatic heterocycles. The Labute approximate surface area is 220 Å². The number of carbonyl (C=O) groups is 1. The highest BCUT2D eigenvalue weighted by atomic mass is 19.4. The zero-order valence-corrected chi connectivity index (χ0v) is 23.5. The van der Waals surface area contributed by atoms with Gasteiger partial charge in [-0.2, -0.15) is 13.2 Å². The molecule has 0 radical (unpaired) electrons. The maximum absolute atomic E-state index is 12.3. The maximum Gasteiger partial charge on any atom is 0.471 e. The Morgan fingerprint density at radius 2 is 1.11 bits per heavy atom. The van der Waals surface area contributed by atoms with Crippen molar-refractivity contribution in [3.8, 4) is 0 Å². The molecular formula is C30H57F3N2O. The SMILES string of the molecule is CCCCCCCCC=CCCCNCCCCC(CCCCCC)CCCCNC(=O)C(F)(F)F. The number of halogens is 3. The second-order valence-corrected chi connectivity index (χ2v) is 10.4. The Kier molecular flexibility index (Phi) is 24.9. The third-order valence-corrected chi connectivity index (χ3v) is 6.88. The summed E-state index contributed by atoms with van der Waals surface area (Å²) in [6.07, 6.45) is 24.0. The molecule has 1 atom stereocenters. The third-order valence-electron chi connectivity index (χ3n) is 6.88. The van der Waals surface area contributed by atoms with Gasteiger partial charge in [-0.1, -0.05) is 116 Å². The molecule has 0 spiro atoms. The summed E-state index contributed by atoms with van der Waals surface area (Å²) >= 11 is 0. The van der Waals surface area contributed by atoms with Crippen molar-refractivity contribution in [2.45, 2.75) is 148 Å². The van der Waals surface area contributed by atoms with Gasteiger partial charge in [-0.3, -0.25) is 4.79 Å². The Bertz CT molecular complexity index is 509. The largest absolute Gasteiger partial charge is 0.471 e. The van der Waals surface area contributed by atoms with E-state index >= 15 is 0 Å². The van der Waals surface area contributed by atoms with Gasteiger partial charge in [-0.25, -0.2) is 0 Å². The zero-order valence-electron chi connectivity index (χ0n) is 23.5. The van der Waals surface area contributed by atoms with Crippen molar-refractivity contribution in [3.05, 3.63) is 12.2 Å². The van der Waals surface area contributed by atoms with Gasteiger partial charge in [0.2, 0.25) is 0 Å². The van der Waals surface area contributed by atoms with Crippen LogP contribution in [0.5, 0.6) is 0 Å². The monoisotopic (exact) mass is 518 g/mol. The van der Waals surface area contributed by atoms with E-state index in [4.69, 9.17) is 0 Å². The Morgan fingerprint density at radius 1 is 0.639 bits per heavy atom. The molecule has 0 heterocycles. The Hall–Kier alpha value is -1.04. The first-order valence-corrected chi connectivity index (χ1v) is 15.1. The van der Waals surface area contributed by atoms with E-state index in [0.29, 0.717) is 12.3 Å². The fraction of sp³-hybridized carbons (Fsp3) is 0.900. The smallest absolute Gasteiger partial charge is 0.348 e. The average Bonchev–Trinajstić information content (AvgIpc) is 2.84. The van der Waals surface area contributed by atoms with Gasteiger partial charge in [0, 0.05) is 6.54 Å². The van der Waals surface area contributed by atoms with Crippen molar-refractivity contribution < 1.29 is 18.0 Å². The van der Waals surface area contributed by atoms with Gasteiger partial charge in [0.25, 0.3) is 0 Å². The lowest BCUT2D eigenvalue weighted by Gasteiger charge is -2.17. The average molecular weight is 519 g/mol. The fourth-order valence-electron chi connectivity index (χ4n) is 4.58. The van der Waals surface area contributed by atoms with Crippen LogP contribution in [0.15, 0.2) is 12.2 Å². The molecule has 36 heavy (non-hydrogen) atoms. The van der Waals surface area contributed by atoms with Gasteiger partial charge in [0.1, 0.15) is 0 Å². The van der Waals surface area contributed by atoms with Crippen molar-refractivity contribution >= 4 is 5.91 Å². The number of hydrogen-bond acceptors (Lipinski definition) is 2. The quantitative estimate of drug-likeness (QED) is 0.0885. The lowest BCUT2D eigenvalue weighted by atomic mass is 9.90. The van der Waals surface area contributed by atoms with E-state index in [1.165, 1.54) is 103 Å². The lowest BCUT2D eigenvalue weighted by molar-refractivity contribution is -0.173. The van der Waals surface area contributed by atoms with Crippen LogP contribution in [0.2, 0.25) is 0 Å². The normalized spacial score (nSPS) is 12.9. The second-order valence-electron chi connectivity index (χ2n) is 10.4. The van der Waals surface area contributed by atoms with E-state index < -0.39 is 12.1 Å². The minimum absolute atomic E-state index is 0.110. The predicted molar refractivity (Wildman–Crippen MR) is 148 cm³/mol. The highest BCUT2D eigenvalue weighted by Gasteiger charge is 2.38. The number of nitrogens with one attached hydrogen (secondary N) is 2. The van der Waals surface area contributed by atoms with E-state index in [-0.39, 0.29) is 6.54 Å². The number of amides is 1. The molecule has 0 bridgehead atoms. The lowest BCUT2D eigenvalue weighted by Crippen LogP contribution is -2.37. The van der Waals surface area contributed by atoms with E-state index in [1.54, 1.807) is 0 Å². The summed E-state index contributed by atoms with van der Waals surface area (Å²) in [5.74, 6) is -1.17. The molecule has 0 aliphatic rings. The number of carbonyl (C=O) groups excluding carboxylic acids is 1. The first-order valence-electron chi connectivity index (χ1n) is 15.1. The molecule has 0 saturated heterocycles.